The van der Waals surface area contributed by atoms with E-state index in [-0.39, 0.29) is 0 Å². The molecule has 0 saturated carbocycles. The van der Waals surface area contributed by atoms with Crippen molar-refractivity contribution in [3.63, 3.8) is 0 Å². The van der Waals surface area contributed by atoms with Crippen LogP contribution >= 0.6 is 0 Å². The van der Waals surface area contributed by atoms with E-state index in [1.54, 1.807) is 0 Å². The lowest BCUT2D eigenvalue weighted by atomic mass is 10.6. The maximum atomic E-state index is 11.4. The average molecular weight is 189 g/mol. The van der Waals surface area contributed by atoms with Crippen LogP contribution in [0.2, 0.25) is 0 Å². The average Bonchev–Trinajstić information content (AvgIpc) is 1.56. The minimum atomic E-state index is -5.00. The number of amides is 1. The quantitative estimate of drug-likeness (QED) is 0.587. The highest BCUT2D eigenvalue weighted by Gasteiger charge is 2.39. The molecule has 0 aliphatic carbocycles. The topological polar surface area (TPSA) is 46.2 Å². The van der Waals surface area contributed by atoms with Gasteiger partial charge in [0.1, 0.15) is 0 Å². The number of rotatable bonds is 1. The van der Waals surface area contributed by atoms with Gasteiger partial charge in [0.15, 0.2) is 0 Å². The van der Waals surface area contributed by atoms with Crippen molar-refractivity contribution in [2.75, 3.05) is 6.26 Å². The fourth-order valence-electron chi connectivity index (χ4n) is 0.254. The molecule has 0 radical (unpaired) electrons. The van der Waals surface area contributed by atoms with Gasteiger partial charge in [0.2, 0.25) is 0 Å². The molecule has 0 spiro atoms. The summed E-state index contributed by atoms with van der Waals surface area (Å²) in [7, 11) is -3.13. The number of hydrogen-bond donors (Lipinski definition) is 1. The van der Waals surface area contributed by atoms with Crippen LogP contribution in [0.3, 0.4) is 0 Å². The van der Waals surface area contributed by atoms with Crippen LogP contribution in [-0.2, 0) is 14.5 Å². The zero-order valence-electron chi connectivity index (χ0n) is 5.57. The highest BCUT2D eigenvalue weighted by molar-refractivity contribution is 7.98. The predicted octanol–water partition coefficient (Wildman–Crippen LogP) is -0.0739. The van der Waals surface area contributed by atoms with Crippen molar-refractivity contribution in [2.24, 2.45) is 0 Å². The van der Waals surface area contributed by atoms with E-state index in [9.17, 15) is 22.2 Å². The Balaban J connectivity index is 4.35. The van der Waals surface area contributed by atoms with Gasteiger partial charge in [-0.25, -0.2) is 4.21 Å². The fourth-order valence-corrected chi connectivity index (χ4v) is 0.762. The molecule has 0 aliphatic rings. The van der Waals surface area contributed by atoms with Gasteiger partial charge >= 0.3 is 12.1 Å². The lowest BCUT2D eigenvalue weighted by Crippen LogP contribution is -2.39. The van der Waals surface area contributed by atoms with Crippen molar-refractivity contribution >= 4 is 21.5 Å². The Hall–Kier alpha value is -0.720. The lowest BCUT2D eigenvalue weighted by molar-refractivity contribution is -0.171. The molecule has 0 fully saturated rings. The van der Waals surface area contributed by atoms with E-state index in [0.717, 1.165) is 6.26 Å². The van der Waals surface area contributed by atoms with E-state index >= 15 is 0 Å². The number of halogens is 3. The first-order chi connectivity index (χ1) is 4.63. The van der Waals surface area contributed by atoms with Gasteiger partial charge < -0.3 is 0 Å². The Morgan fingerprint density at radius 1 is 1.55 bits per heavy atom. The highest BCUT2D eigenvalue weighted by Crippen LogP contribution is 2.14. The Labute approximate surface area is 61.7 Å². The first-order valence-corrected chi connectivity index (χ1v) is 4.47. The van der Waals surface area contributed by atoms with Crippen LogP contribution in [0, 0.1) is 0 Å². The fraction of sp³-hybridized carbons (Fsp3) is 0.500. The summed E-state index contributed by atoms with van der Waals surface area (Å²) >= 11 is 0. The van der Waals surface area contributed by atoms with Gasteiger partial charge in [0.25, 0.3) is 0 Å². The van der Waals surface area contributed by atoms with Gasteiger partial charge in [-0.05, 0) is 5.87 Å². The molecular weight excluding hydrogens is 183 g/mol. The summed E-state index contributed by atoms with van der Waals surface area (Å²) in [5, 5.41) is 0. The van der Waals surface area contributed by atoms with Crippen molar-refractivity contribution in [2.45, 2.75) is 6.18 Å². The lowest BCUT2D eigenvalue weighted by Gasteiger charge is -2.07. The van der Waals surface area contributed by atoms with E-state index in [2.05, 4.69) is 5.87 Å². The summed E-state index contributed by atoms with van der Waals surface area (Å²) in [6, 6.07) is 0. The van der Waals surface area contributed by atoms with E-state index < -0.39 is 21.8 Å². The minimum absolute atomic E-state index is 0.899. The molecular formula is C4H6F3NO2S. The largest absolute Gasteiger partial charge is 0.472 e. The highest BCUT2D eigenvalue weighted by atomic mass is 32.2. The van der Waals surface area contributed by atoms with Crippen LogP contribution in [0.25, 0.3) is 0 Å². The number of alkyl halides is 3. The predicted molar refractivity (Wildman–Crippen MR) is 35.4 cm³/mol. The molecule has 0 aromatic rings. The van der Waals surface area contributed by atoms with Crippen molar-refractivity contribution in [1.82, 2.24) is 4.72 Å². The maximum absolute atomic E-state index is 11.4. The van der Waals surface area contributed by atoms with Gasteiger partial charge in [0, 0.05) is 16.0 Å². The molecule has 0 aromatic carbocycles. The number of hydrogen-bond acceptors (Lipinski definition) is 2. The van der Waals surface area contributed by atoms with E-state index in [0.29, 0.717) is 0 Å². The van der Waals surface area contributed by atoms with Crippen LogP contribution in [0.4, 0.5) is 13.2 Å². The Morgan fingerprint density at radius 2 is 1.91 bits per heavy atom. The first kappa shape index (κ1) is 10.3. The molecule has 0 bridgehead atoms. The second-order valence-electron chi connectivity index (χ2n) is 1.93. The molecule has 1 unspecified atom stereocenters. The molecule has 11 heavy (non-hydrogen) atoms. The molecule has 0 aromatic heterocycles. The van der Waals surface area contributed by atoms with Crippen LogP contribution in [-0.4, -0.2) is 28.4 Å². The third kappa shape index (κ3) is 4.65. The van der Waals surface area contributed by atoms with Crippen LogP contribution < -0.4 is 4.72 Å². The molecule has 0 aliphatic heterocycles. The third-order valence-electron chi connectivity index (χ3n) is 0.566. The zero-order valence-corrected chi connectivity index (χ0v) is 6.38. The van der Waals surface area contributed by atoms with Gasteiger partial charge in [-0.1, -0.05) is 0 Å². The van der Waals surface area contributed by atoms with E-state index in [1.807, 2.05) is 0 Å². The summed E-state index contributed by atoms with van der Waals surface area (Å²) in [6.07, 6.45) is -4.10. The van der Waals surface area contributed by atoms with Crippen LogP contribution in [0.15, 0.2) is 0 Å². The molecule has 1 amide bonds. The van der Waals surface area contributed by atoms with E-state index in [4.69, 9.17) is 0 Å². The van der Waals surface area contributed by atoms with Crippen LogP contribution in [0.1, 0.15) is 0 Å². The minimum Gasteiger partial charge on any atom is -0.275 e. The summed E-state index contributed by atoms with van der Waals surface area (Å²) in [6.45, 7) is 0. The Bertz CT molecular complexity index is 253. The molecule has 0 saturated heterocycles. The summed E-state index contributed by atoms with van der Waals surface area (Å²) < 4.78 is 46.0. The standard InChI is InChI=1S/C4H6F3NO2S/c1-11(2,10)8-3(9)4(5,6)7/h1H2,2H3,(H,8,9,10). The smallest absolute Gasteiger partial charge is 0.275 e. The summed E-state index contributed by atoms with van der Waals surface area (Å²) in [4.78, 5) is 10.0. The van der Waals surface area contributed by atoms with Crippen molar-refractivity contribution in [1.29, 1.82) is 0 Å². The second-order valence-corrected chi connectivity index (χ2v) is 4.15. The van der Waals surface area contributed by atoms with Crippen molar-refractivity contribution in [3.05, 3.63) is 0 Å². The number of carbonyl (C=O) groups excluding carboxylic acids is 1. The summed E-state index contributed by atoms with van der Waals surface area (Å²) in [5.74, 6) is 0.584. The summed E-state index contributed by atoms with van der Waals surface area (Å²) in [5.41, 5.74) is 0. The molecule has 0 rings (SSSR count). The Kier molecular flexibility index (Phi) is 2.55. The van der Waals surface area contributed by atoms with E-state index in [1.165, 1.54) is 4.72 Å². The molecule has 66 valence electrons. The molecule has 3 nitrogen and oxygen atoms in total. The van der Waals surface area contributed by atoms with Crippen LogP contribution in [0.5, 0.6) is 0 Å². The molecule has 0 heterocycles. The van der Waals surface area contributed by atoms with Crippen molar-refractivity contribution in [3.8, 4) is 0 Å². The monoisotopic (exact) mass is 189 g/mol. The molecule has 7 heteroatoms. The SMILES string of the molecule is C=S(C)(=O)NC(=O)C(F)(F)F. The van der Waals surface area contributed by atoms with Gasteiger partial charge in [-0.2, -0.15) is 13.2 Å². The molecule has 1 N–H and O–H groups in total. The molecule has 1 atom stereocenters. The Morgan fingerprint density at radius 3 is 2.00 bits per heavy atom. The number of carbonyl (C=O) groups is 1. The third-order valence-corrected chi connectivity index (χ3v) is 1.18. The van der Waals surface area contributed by atoms with Gasteiger partial charge in [-0.3, -0.25) is 9.52 Å². The van der Waals surface area contributed by atoms with Crippen molar-refractivity contribution < 1.29 is 22.2 Å². The van der Waals surface area contributed by atoms with Gasteiger partial charge in [0.05, 0.1) is 0 Å². The zero-order chi connectivity index (χ0) is 9.28. The second kappa shape index (κ2) is 2.72. The first-order valence-electron chi connectivity index (χ1n) is 2.34. The maximum Gasteiger partial charge on any atom is 0.472 e. The normalized spacial score (nSPS) is 17.1. The number of nitrogens with one attached hydrogen (secondary N) is 1. The van der Waals surface area contributed by atoms with Gasteiger partial charge in [-0.15, -0.1) is 0 Å².